The molecule has 1 N–H and O–H groups in total. The van der Waals surface area contributed by atoms with Crippen LogP contribution in [0.1, 0.15) is 28.7 Å². The highest BCUT2D eigenvalue weighted by Crippen LogP contribution is 2.32. The summed E-state index contributed by atoms with van der Waals surface area (Å²) in [4.78, 5) is 0. The first-order valence-electron chi connectivity index (χ1n) is 5.72. The number of hydrogen-bond acceptors (Lipinski definition) is 2. The highest BCUT2D eigenvalue weighted by molar-refractivity contribution is 9.10. The highest BCUT2D eigenvalue weighted by atomic mass is 79.9. The molecule has 1 unspecified atom stereocenters. The maximum atomic E-state index is 13.6. The van der Waals surface area contributed by atoms with E-state index in [2.05, 4.69) is 21.2 Å². The summed E-state index contributed by atoms with van der Waals surface area (Å²) < 4.78 is 19.6. The molecule has 18 heavy (non-hydrogen) atoms. The smallest absolute Gasteiger partial charge is 0.137 e. The standard InChI is InChI=1S/C14H15BrFNO/c1-8-7-11(9(2)18-8)14(17-3)10-5-4-6-12(16)13(10)15/h4-7,14,17H,1-3H3. The molecule has 0 aliphatic heterocycles. The fourth-order valence-corrected chi connectivity index (χ4v) is 2.65. The van der Waals surface area contributed by atoms with Crippen LogP contribution in [0.25, 0.3) is 0 Å². The minimum Gasteiger partial charge on any atom is -0.466 e. The van der Waals surface area contributed by atoms with Gasteiger partial charge in [0, 0.05) is 5.56 Å². The van der Waals surface area contributed by atoms with Crippen LogP contribution in [0.5, 0.6) is 0 Å². The van der Waals surface area contributed by atoms with Gasteiger partial charge in [0.15, 0.2) is 0 Å². The van der Waals surface area contributed by atoms with Crippen LogP contribution in [-0.4, -0.2) is 7.05 Å². The maximum absolute atomic E-state index is 13.6. The first-order chi connectivity index (χ1) is 8.54. The number of hydrogen-bond donors (Lipinski definition) is 1. The quantitative estimate of drug-likeness (QED) is 0.923. The fourth-order valence-electron chi connectivity index (χ4n) is 2.16. The predicted octanol–water partition coefficient (Wildman–Crippen LogP) is 4.11. The number of aryl methyl sites for hydroxylation is 2. The highest BCUT2D eigenvalue weighted by Gasteiger charge is 2.20. The molecule has 1 atom stereocenters. The van der Waals surface area contributed by atoms with Gasteiger partial charge in [-0.1, -0.05) is 12.1 Å². The molecule has 2 rings (SSSR count). The Morgan fingerprint density at radius 3 is 2.56 bits per heavy atom. The lowest BCUT2D eigenvalue weighted by Gasteiger charge is -2.18. The molecule has 0 saturated carbocycles. The Labute approximate surface area is 114 Å². The lowest BCUT2D eigenvalue weighted by atomic mass is 9.99. The second-order valence-electron chi connectivity index (χ2n) is 4.23. The molecule has 0 fully saturated rings. The van der Waals surface area contributed by atoms with E-state index in [1.54, 1.807) is 6.07 Å². The lowest BCUT2D eigenvalue weighted by molar-refractivity contribution is 0.496. The topological polar surface area (TPSA) is 25.2 Å². The third-order valence-corrected chi connectivity index (χ3v) is 3.81. The summed E-state index contributed by atoms with van der Waals surface area (Å²) in [5.41, 5.74) is 1.89. The van der Waals surface area contributed by atoms with Crippen molar-refractivity contribution in [3.63, 3.8) is 0 Å². The van der Waals surface area contributed by atoms with Gasteiger partial charge in [0.1, 0.15) is 17.3 Å². The summed E-state index contributed by atoms with van der Waals surface area (Å²) in [6, 6.07) is 6.94. The summed E-state index contributed by atoms with van der Waals surface area (Å²) in [6.45, 7) is 3.82. The van der Waals surface area contributed by atoms with Crippen molar-refractivity contribution in [2.75, 3.05) is 7.05 Å². The van der Waals surface area contributed by atoms with Crippen LogP contribution in [0.3, 0.4) is 0 Å². The molecule has 0 saturated heterocycles. The van der Waals surface area contributed by atoms with E-state index in [-0.39, 0.29) is 11.9 Å². The Morgan fingerprint density at radius 1 is 1.28 bits per heavy atom. The number of rotatable bonds is 3. The van der Waals surface area contributed by atoms with Crippen LogP contribution in [0, 0.1) is 19.7 Å². The SMILES string of the molecule is CNC(c1cc(C)oc1C)c1cccc(F)c1Br. The summed E-state index contributed by atoms with van der Waals surface area (Å²) >= 11 is 3.30. The fraction of sp³-hybridized carbons (Fsp3) is 0.286. The molecule has 0 aliphatic carbocycles. The molecule has 0 spiro atoms. The minimum absolute atomic E-state index is 0.0903. The molecule has 0 radical (unpaired) electrons. The lowest BCUT2D eigenvalue weighted by Crippen LogP contribution is -2.18. The van der Waals surface area contributed by atoms with E-state index in [0.29, 0.717) is 4.47 Å². The summed E-state index contributed by atoms with van der Waals surface area (Å²) in [7, 11) is 1.85. The second-order valence-corrected chi connectivity index (χ2v) is 5.03. The molecule has 2 aromatic rings. The number of halogens is 2. The number of nitrogens with one attached hydrogen (secondary N) is 1. The van der Waals surface area contributed by atoms with Crippen LogP contribution in [0.2, 0.25) is 0 Å². The van der Waals surface area contributed by atoms with Gasteiger partial charge >= 0.3 is 0 Å². The van der Waals surface area contributed by atoms with Gasteiger partial charge in [-0.3, -0.25) is 0 Å². The average Bonchev–Trinajstić information content (AvgIpc) is 2.65. The molecule has 1 aromatic carbocycles. The molecule has 0 amide bonds. The van der Waals surface area contributed by atoms with Crippen LogP contribution in [0.15, 0.2) is 33.2 Å². The molecule has 2 nitrogen and oxygen atoms in total. The van der Waals surface area contributed by atoms with Crippen LogP contribution in [-0.2, 0) is 0 Å². The Morgan fingerprint density at radius 2 is 2.00 bits per heavy atom. The Balaban J connectivity index is 2.52. The normalized spacial score (nSPS) is 12.7. The van der Waals surface area contributed by atoms with Crippen molar-refractivity contribution < 1.29 is 8.81 Å². The molecular weight excluding hydrogens is 297 g/mol. The van der Waals surface area contributed by atoms with Crippen LogP contribution in [0.4, 0.5) is 4.39 Å². The predicted molar refractivity (Wildman–Crippen MR) is 73.2 cm³/mol. The zero-order valence-electron chi connectivity index (χ0n) is 10.6. The summed E-state index contributed by atoms with van der Waals surface area (Å²) in [5, 5.41) is 3.20. The van der Waals surface area contributed by atoms with Crippen molar-refractivity contribution in [1.29, 1.82) is 0 Å². The molecular formula is C14H15BrFNO. The van der Waals surface area contributed by atoms with Crippen molar-refractivity contribution in [2.24, 2.45) is 0 Å². The molecule has 96 valence electrons. The van der Waals surface area contributed by atoms with Gasteiger partial charge < -0.3 is 9.73 Å². The largest absolute Gasteiger partial charge is 0.466 e. The van der Waals surface area contributed by atoms with E-state index in [0.717, 1.165) is 22.6 Å². The zero-order chi connectivity index (χ0) is 13.3. The van der Waals surface area contributed by atoms with Crippen LogP contribution >= 0.6 is 15.9 Å². The maximum Gasteiger partial charge on any atom is 0.137 e. The molecule has 1 heterocycles. The first-order valence-corrected chi connectivity index (χ1v) is 6.52. The number of benzene rings is 1. The van der Waals surface area contributed by atoms with Gasteiger partial charge in [-0.25, -0.2) is 4.39 Å². The summed E-state index contributed by atoms with van der Waals surface area (Å²) in [6.07, 6.45) is 0. The van der Waals surface area contributed by atoms with Crippen LogP contribution < -0.4 is 5.32 Å². The van der Waals surface area contributed by atoms with Gasteiger partial charge in [0.05, 0.1) is 10.5 Å². The third-order valence-electron chi connectivity index (χ3n) is 2.97. The van der Waals surface area contributed by atoms with Crippen molar-refractivity contribution in [3.8, 4) is 0 Å². The molecule has 4 heteroatoms. The van der Waals surface area contributed by atoms with Gasteiger partial charge in [-0.2, -0.15) is 0 Å². The van der Waals surface area contributed by atoms with Gasteiger partial charge in [-0.05, 0) is 54.5 Å². The first kappa shape index (κ1) is 13.3. The molecule has 0 bridgehead atoms. The van der Waals surface area contributed by atoms with E-state index >= 15 is 0 Å². The van der Waals surface area contributed by atoms with Crippen molar-refractivity contribution >= 4 is 15.9 Å². The Hall–Kier alpha value is -1.13. The molecule has 0 aliphatic rings. The second kappa shape index (κ2) is 5.24. The van der Waals surface area contributed by atoms with E-state index in [4.69, 9.17) is 4.42 Å². The van der Waals surface area contributed by atoms with Gasteiger partial charge in [0.25, 0.3) is 0 Å². The molecule has 1 aromatic heterocycles. The number of furan rings is 1. The van der Waals surface area contributed by atoms with Crippen molar-refractivity contribution in [3.05, 3.63) is 57.2 Å². The van der Waals surface area contributed by atoms with Crippen molar-refractivity contribution in [1.82, 2.24) is 5.32 Å². The van der Waals surface area contributed by atoms with Gasteiger partial charge in [0.2, 0.25) is 0 Å². The van der Waals surface area contributed by atoms with E-state index in [1.165, 1.54) is 6.07 Å². The monoisotopic (exact) mass is 311 g/mol. The zero-order valence-corrected chi connectivity index (χ0v) is 12.1. The minimum atomic E-state index is -0.259. The summed E-state index contributed by atoms with van der Waals surface area (Å²) in [5.74, 6) is 1.45. The Kier molecular flexibility index (Phi) is 3.88. The average molecular weight is 312 g/mol. The van der Waals surface area contributed by atoms with E-state index in [1.807, 2.05) is 33.0 Å². The van der Waals surface area contributed by atoms with Gasteiger partial charge in [-0.15, -0.1) is 0 Å². The van der Waals surface area contributed by atoms with E-state index in [9.17, 15) is 4.39 Å². The van der Waals surface area contributed by atoms with Crippen molar-refractivity contribution in [2.45, 2.75) is 19.9 Å². The Bertz CT molecular complexity index is 565. The van der Waals surface area contributed by atoms with E-state index < -0.39 is 0 Å². The third kappa shape index (κ3) is 2.35.